The lowest BCUT2D eigenvalue weighted by Crippen LogP contribution is -2.48. The first-order valence-electron chi connectivity index (χ1n) is 16.1. The van der Waals surface area contributed by atoms with Crippen LogP contribution < -0.4 is 0 Å². The number of H-pyrrole nitrogens is 1. The van der Waals surface area contributed by atoms with Gasteiger partial charge in [-0.25, -0.2) is 9.67 Å². The van der Waals surface area contributed by atoms with Crippen molar-refractivity contribution in [1.29, 1.82) is 0 Å². The van der Waals surface area contributed by atoms with Crippen LogP contribution in [0.5, 0.6) is 5.75 Å². The van der Waals surface area contributed by atoms with Crippen LogP contribution in [0.4, 0.5) is 0 Å². The number of nitrogens with one attached hydrogen (secondary N) is 1. The van der Waals surface area contributed by atoms with Gasteiger partial charge < -0.3 is 10.1 Å². The third kappa shape index (κ3) is 4.08. The summed E-state index contributed by atoms with van der Waals surface area (Å²) >= 11 is 0. The van der Waals surface area contributed by atoms with E-state index < -0.39 is 0 Å². The molecular weight excluding hydrogens is 564 g/mol. The summed E-state index contributed by atoms with van der Waals surface area (Å²) in [5.74, 6) is 2.24. The van der Waals surface area contributed by atoms with Crippen molar-refractivity contribution in [3.05, 3.63) is 133 Å². The van der Waals surface area contributed by atoms with E-state index in [1.165, 1.54) is 28.9 Å². The van der Waals surface area contributed by atoms with Crippen LogP contribution in [0.25, 0.3) is 61.6 Å². The molecule has 5 aromatic carbocycles. The minimum absolute atomic E-state index is 0.247. The second-order valence-electron chi connectivity index (χ2n) is 13.4. The number of phenols is 1. The molecule has 224 valence electrons. The average molecular weight is 599 g/mol. The van der Waals surface area contributed by atoms with Gasteiger partial charge in [-0.05, 0) is 77.3 Å². The van der Waals surface area contributed by atoms with Crippen molar-refractivity contribution in [2.75, 3.05) is 0 Å². The van der Waals surface area contributed by atoms with Crippen LogP contribution in [0, 0.1) is 11.3 Å². The molecule has 0 radical (unpaired) electrons. The first kappa shape index (κ1) is 26.9. The molecule has 2 atom stereocenters. The van der Waals surface area contributed by atoms with Gasteiger partial charge in [0.2, 0.25) is 0 Å². The maximum absolute atomic E-state index is 10.8. The molecule has 10 rings (SSSR count). The lowest BCUT2D eigenvalue weighted by Gasteiger charge is -2.55. The third-order valence-corrected chi connectivity index (χ3v) is 10.6. The largest absolute Gasteiger partial charge is 0.507 e. The van der Waals surface area contributed by atoms with E-state index >= 15 is 0 Å². The molecule has 2 bridgehead atoms. The Morgan fingerprint density at radius 3 is 2.24 bits per heavy atom. The maximum Gasteiger partial charge on any atom is 0.139 e. The van der Waals surface area contributed by atoms with Crippen molar-refractivity contribution in [3.63, 3.8) is 0 Å². The molecule has 2 N–H and O–H groups in total. The summed E-state index contributed by atoms with van der Waals surface area (Å²) in [7, 11) is 0. The lowest BCUT2D eigenvalue weighted by atomic mass is 9.48. The number of benzene rings is 5. The number of nitrogens with zero attached hydrogens (tertiary/aromatic N) is 3. The van der Waals surface area contributed by atoms with Crippen LogP contribution >= 0.6 is 0 Å². The zero-order valence-electron chi connectivity index (χ0n) is 25.9. The second kappa shape index (κ2) is 10.0. The van der Waals surface area contributed by atoms with E-state index in [9.17, 15) is 5.11 Å². The van der Waals surface area contributed by atoms with Crippen LogP contribution in [0.3, 0.4) is 0 Å². The quantitative estimate of drug-likeness (QED) is 0.207. The molecule has 3 aliphatic rings. The number of aromatic amines is 1. The average Bonchev–Trinajstić information content (AvgIpc) is 3.71. The molecule has 5 nitrogen and oxygen atoms in total. The fourth-order valence-corrected chi connectivity index (χ4v) is 7.83. The van der Waals surface area contributed by atoms with E-state index in [2.05, 4.69) is 96.3 Å². The van der Waals surface area contributed by atoms with Crippen molar-refractivity contribution in [3.8, 4) is 56.3 Å². The van der Waals surface area contributed by atoms with Gasteiger partial charge in [0, 0.05) is 28.2 Å². The Bertz CT molecular complexity index is 2230. The Hall–Kier alpha value is -5.42. The van der Waals surface area contributed by atoms with Gasteiger partial charge in [-0.3, -0.25) is 0 Å². The second-order valence-corrected chi connectivity index (χ2v) is 13.4. The molecule has 0 saturated heterocycles. The highest BCUT2D eigenvalue weighted by molar-refractivity contribution is 5.90. The molecule has 0 aliphatic heterocycles. The van der Waals surface area contributed by atoms with Gasteiger partial charge in [0.15, 0.2) is 0 Å². The fourth-order valence-electron chi connectivity index (χ4n) is 7.83. The molecule has 1 fully saturated rings. The van der Waals surface area contributed by atoms with Crippen LogP contribution in [0.15, 0.2) is 121 Å². The van der Waals surface area contributed by atoms with Crippen LogP contribution in [-0.4, -0.2) is 24.9 Å². The van der Waals surface area contributed by atoms with Gasteiger partial charge in [-0.15, -0.1) is 0 Å². The summed E-state index contributed by atoms with van der Waals surface area (Å²) in [5.41, 5.74) is 13.3. The highest BCUT2D eigenvalue weighted by atomic mass is 16.3. The smallest absolute Gasteiger partial charge is 0.139 e. The topological polar surface area (TPSA) is 66.7 Å². The molecule has 3 aliphatic carbocycles. The summed E-state index contributed by atoms with van der Waals surface area (Å²) < 4.78 is 2.18. The Kier molecular flexibility index (Phi) is 5.88. The van der Waals surface area contributed by atoms with Gasteiger partial charge in [0.25, 0.3) is 0 Å². The molecule has 2 heterocycles. The van der Waals surface area contributed by atoms with Crippen LogP contribution in [-0.2, 0) is 6.42 Å². The maximum atomic E-state index is 10.8. The normalized spacial score (nSPS) is 17.9. The number of imidazole rings is 1. The Labute approximate surface area is 268 Å². The van der Waals surface area contributed by atoms with E-state index in [0.717, 1.165) is 56.8 Å². The number of para-hydroxylation sites is 4. The van der Waals surface area contributed by atoms with Crippen molar-refractivity contribution in [2.24, 2.45) is 11.3 Å². The number of phenolic OH excluding ortho intramolecular Hbond substituents is 1. The first-order chi connectivity index (χ1) is 22.5. The van der Waals surface area contributed by atoms with Gasteiger partial charge in [0.05, 0.1) is 28.1 Å². The molecule has 1 saturated carbocycles. The van der Waals surface area contributed by atoms with E-state index in [1.807, 2.05) is 42.5 Å². The number of fused-ring (bicyclic) bond motifs is 1. The summed E-state index contributed by atoms with van der Waals surface area (Å²) in [5, 5.41) is 16.1. The van der Waals surface area contributed by atoms with Crippen molar-refractivity contribution in [1.82, 2.24) is 19.7 Å². The SMILES string of the molecule is CC1(C)C2Cc3c(nn(-c4ccccc4)c3-c3ccc(-c4ccc(-c5ccccc5O)c(-c5nc6ccccc6[nH]5)c4)cc3)C1C2. The molecule has 2 unspecified atom stereocenters. The molecular formula is C41H34N4O. The van der Waals surface area contributed by atoms with Gasteiger partial charge in [-0.1, -0.05) is 98.8 Å². The lowest BCUT2D eigenvalue weighted by molar-refractivity contribution is 0.0163. The van der Waals surface area contributed by atoms with E-state index in [-0.39, 0.29) is 5.75 Å². The highest BCUT2D eigenvalue weighted by Gasteiger charge is 2.54. The number of hydrogen-bond acceptors (Lipinski definition) is 3. The molecule has 2 aromatic heterocycles. The first-order valence-corrected chi connectivity index (χ1v) is 16.1. The predicted molar refractivity (Wildman–Crippen MR) is 185 cm³/mol. The zero-order chi connectivity index (χ0) is 31.0. The van der Waals surface area contributed by atoms with E-state index in [4.69, 9.17) is 10.1 Å². The Balaban J connectivity index is 1.15. The number of aromatic nitrogens is 4. The molecule has 0 spiro atoms. The molecule has 7 aromatic rings. The summed E-state index contributed by atoms with van der Waals surface area (Å²) in [6.07, 6.45) is 2.33. The number of aromatic hydroxyl groups is 1. The third-order valence-electron chi connectivity index (χ3n) is 10.6. The molecule has 46 heavy (non-hydrogen) atoms. The summed E-state index contributed by atoms with van der Waals surface area (Å²) in [6, 6.07) is 41.4. The molecule has 0 amide bonds. The van der Waals surface area contributed by atoms with Gasteiger partial charge in [0.1, 0.15) is 11.6 Å². The Morgan fingerprint density at radius 1 is 0.739 bits per heavy atom. The fraction of sp³-hybridized carbons (Fsp3) is 0.171. The predicted octanol–water partition coefficient (Wildman–Crippen LogP) is 9.81. The monoisotopic (exact) mass is 598 g/mol. The van der Waals surface area contributed by atoms with Crippen LogP contribution in [0.2, 0.25) is 0 Å². The minimum atomic E-state index is 0.247. The van der Waals surface area contributed by atoms with Crippen molar-refractivity contribution < 1.29 is 5.11 Å². The summed E-state index contributed by atoms with van der Waals surface area (Å²) in [4.78, 5) is 8.44. The number of rotatable bonds is 5. The van der Waals surface area contributed by atoms with Gasteiger partial charge in [-0.2, -0.15) is 5.10 Å². The van der Waals surface area contributed by atoms with E-state index in [0.29, 0.717) is 17.3 Å². The van der Waals surface area contributed by atoms with Crippen molar-refractivity contribution in [2.45, 2.75) is 32.6 Å². The van der Waals surface area contributed by atoms with Gasteiger partial charge >= 0.3 is 0 Å². The zero-order valence-corrected chi connectivity index (χ0v) is 25.9. The minimum Gasteiger partial charge on any atom is -0.507 e. The van der Waals surface area contributed by atoms with E-state index in [1.54, 1.807) is 6.07 Å². The summed E-state index contributed by atoms with van der Waals surface area (Å²) in [6.45, 7) is 4.82. The number of hydrogen-bond donors (Lipinski definition) is 2. The Morgan fingerprint density at radius 2 is 1.46 bits per heavy atom. The molecule has 5 heteroatoms. The highest BCUT2D eigenvalue weighted by Crippen LogP contribution is 2.63. The van der Waals surface area contributed by atoms with Crippen molar-refractivity contribution >= 4 is 11.0 Å². The standard InChI is InChI=1S/C41H34N4O/c1-41(2)28-23-33-38(34(41)24-28)44-45(29-10-4-3-5-11-29)39(33)26-18-16-25(17-19-26)27-20-21-30(31-12-6-9-15-37(31)46)32(22-27)40-42-35-13-7-8-14-36(35)43-40/h3-22,28,34,46H,23-24H2,1-2H3,(H,42,43). The van der Waals surface area contributed by atoms with Crippen LogP contribution in [0.1, 0.15) is 37.4 Å².